The molecule has 184 valence electrons. The van der Waals surface area contributed by atoms with Crippen molar-refractivity contribution < 1.29 is 18.7 Å². The molecule has 2 aromatic rings. The lowest BCUT2D eigenvalue weighted by Crippen LogP contribution is -2.42. The topological polar surface area (TPSA) is 64.4 Å². The maximum Gasteiger partial charge on any atom is 0.341 e. The molecule has 1 aromatic heterocycles. The van der Waals surface area contributed by atoms with Crippen molar-refractivity contribution >= 4 is 36.8 Å². The number of ether oxygens (including phenoxy) is 1. The van der Waals surface area contributed by atoms with Crippen LogP contribution in [0.25, 0.3) is 0 Å². The Kier molecular flexibility index (Phi) is 9.33. The van der Waals surface area contributed by atoms with Gasteiger partial charge in [-0.1, -0.05) is 24.3 Å². The fraction of sp³-hybridized carbons (Fsp3) is 0.480. The fourth-order valence-corrected chi connectivity index (χ4v) is 4.62. The third kappa shape index (κ3) is 6.29. The Morgan fingerprint density at radius 3 is 2.76 bits per heavy atom. The van der Waals surface area contributed by atoms with E-state index in [1.54, 1.807) is 36.0 Å². The molecule has 1 aliphatic carbocycles. The van der Waals surface area contributed by atoms with Crippen LogP contribution < -0.4 is 0 Å². The minimum Gasteiger partial charge on any atom is -0.462 e. The highest BCUT2D eigenvalue weighted by molar-refractivity contribution is 7.81. The van der Waals surface area contributed by atoms with E-state index in [2.05, 4.69) is 16.1 Å². The number of likely N-dealkylation sites (tertiary alicyclic amines) is 1. The number of rotatable bonds is 9. The molecule has 1 saturated heterocycles. The van der Waals surface area contributed by atoms with Crippen molar-refractivity contribution in [1.29, 1.82) is 0 Å². The molecule has 0 radical (unpaired) electrons. The molecule has 0 bridgehead atoms. The number of aryl methyl sites for hydroxylation is 1. The minimum absolute atomic E-state index is 0. The second-order valence-electron chi connectivity index (χ2n) is 8.66. The molecule has 6 nitrogen and oxygen atoms in total. The third-order valence-corrected chi connectivity index (χ3v) is 6.82. The van der Waals surface area contributed by atoms with E-state index in [1.165, 1.54) is 12.3 Å². The van der Waals surface area contributed by atoms with E-state index in [1.807, 2.05) is 0 Å². The Morgan fingerprint density at radius 2 is 2.06 bits per heavy atom. The van der Waals surface area contributed by atoms with Gasteiger partial charge in [0.1, 0.15) is 5.82 Å². The van der Waals surface area contributed by atoms with Crippen molar-refractivity contribution in [2.45, 2.75) is 50.4 Å². The molecule has 0 spiro atoms. The summed E-state index contributed by atoms with van der Waals surface area (Å²) in [5.41, 5.74) is 2.04. The number of hydrogen-bond acceptors (Lipinski definition) is 6. The molecule has 2 aliphatic rings. The number of thiol groups is 1. The van der Waals surface area contributed by atoms with Gasteiger partial charge in [0.2, 0.25) is 0 Å². The van der Waals surface area contributed by atoms with Gasteiger partial charge in [0, 0.05) is 42.6 Å². The van der Waals surface area contributed by atoms with Crippen molar-refractivity contribution in [3.63, 3.8) is 0 Å². The van der Waals surface area contributed by atoms with Gasteiger partial charge >= 0.3 is 5.97 Å². The summed E-state index contributed by atoms with van der Waals surface area (Å²) in [7, 11) is 0. The van der Waals surface area contributed by atoms with E-state index in [-0.39, 0.29) is 41.1 Å². The zero-order valence-electron chi connectivity index (χ0n) is 19.2. The molecule has 1 aromatic carbocycles. The molecule has 2 heterocycles. The van der Waals surface area contributed by atoms with Gasteiger partial charge in [0.15, 0.2) is 5.78 Å². The number of ketones is 1. The molecule has 1 aliphatic heterocycles. The zero-order valence-corrected chi connectivity index (χ0v) is 20.9. The molecular formula is C25H31ClFN3O3S. The summed E-state index contributed by atoms with van der Waals surface area (Å²) in [6, 6.07) is 6.06. The van der Waals surface area contributed by atoms with Gasteiger partial charge in [0.05, 0.1) is 24.4 Å². The predicted octanol–water partition coefficient (Wildman–Crippen LogP) is 4.66. The summed E-state index contributed by atoms with van der Waals surface area (Å²) in [4.78, 5) is 27.1. The van der Waals surface area contributed by atoms with Gasteiger partial charge in [-0.25, -0.2) is 9.18 Å². The summed E-state index contributed by atoms with van der Waals surface area (Å²) in [6.45, 7) is 3.99. The Balaban J connectivity index is 0.00000324. The lowest BCUT2D eigenvalue weighted by atomic mass is 9.93. The normalized spacial score (nSPS) is 20.6. The van der Waals surface area contributed by atoms with E-state index < -0.39 is 6.04 Å². The van der Waals surface area contributed by atoms with Crippen LogP contribution in [0.4, 0.5) is 4.39 Å². The number of benzene rings is 1. The van der Waals surface area contributed by atoms with Gasteiger partial charge in [-0.3, -0.25) is 14.4 Å². The summed E-state index contributed by atoms with van der Waals surface area (Å²) < 4.78 is 21.4. The van der Waals surface area contributed by atoms with Gasteiger partial charge in [-0.15, -0.1) is 12.4 Å². The summed E-state index contributed by atoms with van der Waals surface area (Å²) in [5, 5.41) is 4.34. The minimum atomic E-state index is -0.554. The SMILES string of the molecule is CCOC(=O)c1cnn(CC/C=C2\CN(C(C(=O)C3CC3)c3ccccc3F)CCC2S)c1.Cl. The highest BCUT2D eigenvalue weighted by Gasteiger charge is 2.40. The van der Waals surface area contributed by atoms with E-state index in [4.69, 9.17) is 17.4 Å². The molecule has 34 heavy (non-hydrogen) atoms. The number of nitrogens with zero attached hydrogens (tertiary/aromatic N) is 3. The van der Waals surface area contributed by atoms with Gasteiger partial charge in [-0.2, -0.15) is 17.7 Å². The van der Waals surface area contributed by atoms with Crippen molar-refractivity contribution in [2.24, 2.45) is 5.92 Å². The first-order chi connectivity index (χ1) is 16.0. The average Bonchev–Trinajstić information content (AvgIpc) is 3.55. The average molecular weight is 508 g/mol. The number of allylic oxidation sites excluding steroid dienone is 1. The summed E-state index contributed by atoms with van der Waals surface area (Å²) >= 11 is 4.75. The van der Waals surface area contributed by atoms with Crippen LogP contribution in [-0.2, 0) is 16.1 Å². The molecule has 2 unspecified atom stereocenters. The molecular weight excluding hydrogens is 477 g/mol. The van der Waals surface area contributed by atoms with E-state index in [0.717, 1.165) is 24.8 Å². The fourth-order valence-electron chi connectivity index (χ4n) is 4.32. The Labute approximate surface area is 211 Å². The van der Waals surface area contributed by atoms with Crippen molar-refractivity contribution in [2.75, 3.05) is 19.7 Å². The zero-order chi connectivity index (χ0) is 23.4. The summed E-state index contributed by atoms with van der Waals surface area (Å²) in [6.07, 6.45) is 8.63. The highest BCUT2D eigenvalue weighted by atomic mass is 35.5. The van der Waals surface area contributed by atoms with Crippen LogP contribution in [0.5, 0.6) is 0 Å². The first-order valence-electron chi connectivity index (χ1n) is 11.6. The van der Waals surface area contributed by atoms with Crippen LogP contribution in [0.2, 0.25) is 0 Å². The smallest absolute Gasteiger partial charge is 0.341 e. The van der Waals surface area contributed by atoms with Crippen LogP contribution in [0.3, 0.4) is 0 Å². The van der Waals surface area contributed by atoms with E-state index in [0.29, 0.717) is 43.8 Å². The Bertz CT molecular complexity index is 1040. The lowest BCUT2D eigenvalue weighted by Gasteiger charge is -2.37. The number of piperidine rings is 1. The van der Waals surface area contributed by atoms with Crippen LogP contribution in [-0.4, -0.2) is 51.4 Å². The predicted molar refractivity (Wildman–Crippen MR) is 134 cm³/mol. The van der Waals surface area contributed by atoms with Crippen LogP contribution in [0.1, 0.15) is 54.6 Å². The number of hydrogen-bond donors (Lipinski definition) is 1. The monoisotopic (exact) mass is 507 g/mol. The molecule has 4 rings (SSSR count). The highest BCUT2D eigenvalue weighted by Crippen LogP contribution is 2.39. The van der Waals surface area contributed by atoms with Gasteiger partial charge in [0.25, 0.3) is 0 Å². The molecule has 9 heteroatoms. The van der Waals surface area contributed by atoms with Crippen molar-refractivity contribution in [3.8, 4) is 0 Å². The third-order valence-electron chi connectivity index (χ3n) is 6.23. The molecule has 2 atom stereocenters. The standard InChI is InChI=1S/C25H30FN3O3S.ClH/c1-2-32-25(31)19-14-27-29(16-19)12-5-6-18-15-28(13-11-22(18)33)23(24(30)17-9-10-17)20-7-3-4-8-21(20)26;/h3-4,6-8,14,16-17,22-23,33H,2,5,9-13,15H2,1H3;1H/b18-6+;. The quantitative estimate of drug-likeness (QED) is 0.304. The number of aromatic nitrogens is 2. The Hall–Kier alpha value is -2.16. The Morgan fingerprint density at radius 1 is 1.29 bits per heavy atom. The number of esters is 1. The van der Waals surface area contributed by atoms with Crippen LogP contribution >= 0.6 is 25.0 Å². The van der Waals surface area contributed by atoms with Crippen molar-refractivity contribution in [3.05, 3.63) is 65.3 Å². The first kappa shape index (κ1) is 26.4. The second-order valence-corrected chi connectivity index (χ2v) is 9.28. The lowest BCUT2D eigenvalue weighted by molar-refractivity contribution is -0.126. The van der Waals surface area contributed by atoms with Crippen LogP contribution in [0.15, 0.2) is 48.3 Å². The molecule has 0 N–H and O–H groups in total. The number of carbonyl (C=O) groups is 2. The first-order valence-corrected chi connectivity index (χ1v) is 12.1. The maximum atomic E-state index is 14.7. The van der Waals surface area contributed by atoms with E-state index in [9.17, 15) is 14.0 Å². The van der Waals surface area contributed by atoms with Gasteiger partial charge < -0.3 is 4.74 Å². The maximum absolute atomic E-state index is 14.7. The number of carbonyl (C=O) groups excluding carboxylic acids is 2. The number of Topliss-reactive ketones (excluding diaryl/α,β-unsaturated/α-hetero) is 1. The summed E-state index contributed by atoms with van der Waals surface area (Å²) in [5.74, 6) is -0.532. The van der Waals surface area contributed by atoms with E-state index >= 15 is 0 Å². The molecule has 0 amide bonds. The van der Waals surface area contributed by atoms with Crippen LogP contribution in [0, 0.1) is 11.7 Å². The number of halogens is 2. The molecule has 1 saturated carbocycles. The largest absolute Gasteiger partial charge is 0.462 e. The molecule has 2 fully saturated rings. The van der Waals surface area contributed by atoms with Crippen molar-refractivity contribution in [1.82, 2.24) is 14.7 Å². The second kappa shape index (κ2) is 12.0. The van der Waals surface area contributed by atoms with Gasteiger partial charge in [-0.05, 0) is 44.2 Å².